The molecule has 96 valence electrons. The molecule has 1 saturated heterocycles. The summed E-state index contributed by atoms with van der Waals surface area (Å²) in [6.07, 6.45) is 1.48. The minimum Gasteiger partial charge on any atom is -0.388 e. The summed E-state index contributed by atoms with van der Waals surface area (Å²) in [6.45, 7) is 0.367. The SMILES string of the molecule is O=C(C=Cc1cccc(Br)c1)N1C[C@@H](O)[C@@H](O)C1. The van der Waals surface area contributed by atoms with Gasteiger partial charge in [0.15, 0.2) is 0 Å². The van der Waals surface area contributed by atoms with Crippen LogP contribution in [0.3, 0.4) is 0 Å². The Bertz CT molecular complexity index is 465. The molecule has 0 spiro atoms. The van der Waals surface area contributed by atoms with E-state index in [0.717, 1.165) is 10.0 Å². The smallest absolute Gasteiger partial charge is 0.246 e. The molecule has 0 aromatic heterocycles. The minimum absolute atomic E-state index is 0.183. The Morgan fingerprint density at radius 1 is 1.33 bits per heavy atom. The van der Waals surface area contributed by atoms with Crippen LogP contribution in [0, 0.1) is 0 Å². The van der Waals surface area contributed by atoms with E-state index in [1.54, 1.807) is 6.08 Å². The molecule has 5 heteroatoms. The van der Waals surface area contributed by atoms with Crippen molar-refractivity contribution in [2.45, 2.75) is 12.2 Å². The summed E-state index contributed by atoms with van der Waals surface area (Å²) in [5.74, 6) is -0.203. The van der Waals surface area contributed by atoms with E-state index < -0.39 is 12.2 Å². The van der Waals surface area contributed by atoms with Crippen molar-refractivity contribution in [3.8, 4) is 0 Å². The van der Waals surface area contributed by atoms with Crippen LogP contribution in [0.2, 0.25) is 0 Å². The first-order valence-electron chi connectivity index (χ1n) is 5.65. The van der Waals surface area contributed by atoms with Crippen molar-refractivity contribution < 1.29 is 15.0 Å². The molecule has 0 bridgehead atoms. The van der Waals surface area contributed by atoms with Gasteiger partial charge in [-0.15, -0.1) is 0 Å². The number of carbonyl (C=O) groups excluding carboxylic acids is 1. The standard InChI is InChI=1S/C13H14BrNO3/c14-10-3-1-2-9(6-10)4-5-13(18)15-7-11(16)12(17)8-15/h1-6,11-12,16-17H,7-8H2/t11-,12+. The van der Waals surface area contributed by atoms with Crippen LogP contribution in [0.4, 0.5) is 0 Å². The molecule has 2 atom stereocenters. The van der Waals surface area contributed by atoms with Crippen LogP contribution in [-0.4, -0.2) is 46.3 Å². The van der Waals surface area contributed by atoms with Gasteiger partial charge in [0.2, 0.25) is 5.91 Å². The quantitative estimate of drug-likeness (QED) is 0.802. The van der Waals surface area contributed by atoms with Gasteiger partial charge in [0, 0.05) is 23.6 Å². The zero-order valence-electron chi connectivity index (χ0n) is 9.66. The van der Waals surface area contributed by atoms with E-state index in [-0.39, 0.29) is 19.0 Å². The van der Waals surface area contributed by atoms with Gasteiger partial charge in [-0.1, -0.05) is 28.1 Å². The average molecular weight is 312 g/mol. The Hall–Kier alpha value is -1.17. The summed E-state index contributed by atoms with van der Waals surface area (Å²) < 4.78 is 0.948. The molecule has 1 heterocycles. The number of hydrogen-bond donors (Lipinski definition) is 2. The van der Waals surface area contributed by atoms with Crippen LogP contribution in [-0.2, 0) is 4.79 Å². The van der Waals surface area contributed by atoms with E-state index in [1.165, 1.54) is 11.0 Å². The maximum absolute atomic E-state index is 11.8. The zero-order chi connectivity index (χ0) is 13.1. The van der Waals surface area contributed by atoms with Crippen LogP contribution in [0.15, 0.2) is 34.8 Å². The number of amides is 1. The number of aliphatic hydroxyl groups is 2. The van der Waals surface area contributed by atoms with Crippen LogP contribution >= 0.6 is 15.9 Å². The fourth-order valence-corrected chi connectivity index (χ4v) is 2.25. The highest BCUT2D eigenvalue weighted by atomic mass is 79.9. The molecule has 0 radical (unpaired) electrons. The third-order valence-corrected chi connectivity index (χ3v) is 3.33. The summed E-state index contributed by atoms with van der Waals surface area (Å²) >= 11 is 3.36. The van der Waals surface area contributed by atoms with Gasteiger partial charge in [0.1, 0.15) is 0 Å². The first-order valence-corrected chi connectivity index (χ1v) is 6.44. The number of benzene rings is 1. The molecule has 0 unspecified atom stereocenters. The Balaban J connectivity index is 1.99. The second-order valence-corrected chi connectivity index (χ2v) is 5.18. The van der Waals surface area contributed by atoms with E-state index in [2.05, 4.69) is 15.9 Å². The van der Waals surface area contributed by atoms with Crippen molar-refractivity contribution in [2.75, 3.05) is 13.1 Å². The van der Waals surface area contributed by atoms with Gasteiger partial charge in [-0.3, -0.25) is 4.79 Å². The molecule has 1 aromatic rings. The molecule has 2 rings (SSSR count). The fraction of sp³-hybridized carbons (Fsp3) is 0.308. The lowest BCUT2D eigenvalue weighted by Crippen LogP contribution is -2.27. The van der Waals surface area contributed by atoms with Gasteiger partial charge in [0.05, 0.1) is 12.2 Å². The summed E-state index contributed by atoms with van der Waals surface area (Å²) in [5.41, 5.74) is 0.915. The minimum atomic E-state index is -0.840. The van der Waals surface area contributed by atoms with Gasteiger partial charge in [0.25, 0.3) is 0 Å². The number of likely N-dealkylation sites (tertiary alicyclic amines) is 1. The Kier molecular flexibility index (Phi) is 4.16. The summed E-state index contributed by atoms with van der Waals surface area (Å²) in [5, 5.41) is 18.7. The van der Waals surface area contributed by atoms with Crippen LogP contribution < -0.4 is 0 Å². The predicted octanol–water partition coefficient (Wildman–Crippen LogP) is 1.03. The van der Waals surface area contributed by atoms with Crippen LogP contribution in [0.5, 0.6) is 0 Å². The number of β-amino-alcohol motifs (C(OH)–C–C–N with tert-alkyl or cyclic N) is 2. The van der Waals surface area contributed by atoms with E-state index >= 15 is 0 Å². The lowest BCUT2D eigenvalue weighted by atomic mass is 10.2. The highest BCUT2D eigenvalue weighted by Gasteiger charge is 2.31. The topological polar surface area (TPSA) is 60.8 Å². The van der Waals surface area contributed by atoms with Gasteiger partial charge in [-0.05, 0) is 23.8 Å². The maximum Gasteiger partial charge on any atom is 0.246 e. The zero-order valence-corrected chi connectivity index (χ0v) is 11.2. The fourth-order valence-electron chi connectivity index (χ4n) is 1.83. The van der Waals surface area contributed by atoms with Crippen molar-refractivity contribution in [1.29, 1.82) is 0 Å². The largest absolute Gasteiger partial charge is 0.388 e. The molecule has 0 aliphatic carbocycles. The second-order valence-electron chi connectivity index (χ2n) is 4.27. The predicted molar refractivity (Wildman–Crippen MR) is 71.8 cm³/mol. The van der Waals surface area contributed by atoms with Crippen molar-refractivity contribution in [2.24, 2.45) is 0 Å². The summed E-state index contributed by atoms with van der Waals surface area (Å²) in [4.78, 5) is 13.2. The Morgan fingerprint density at radius 2 is 2.00 bits per heavy atom. The van der Waals surface area contributed by atoms with E-state index in [9.17, 15) is 15.0 Å². The van der Waals surface area contributed by atoms with Crippen LogP contribution in [0.25, 0.3) is 6.08 Å². The van der Waals surface area contributed by atoms with Crippen molar-refractivity contribution >= 4 is 27.9 Å². The van der Waals surface area contributed by atoms with E-state index in [4.69, 9.17) is 0 Å². The lowest BCUT2D eigenvalue weighted by Gasteiger charge is -2.12. The molecule has 18 heavy (non-hydrogen) atoms. The van der Waals surface area contributed by atoms with Crippen LogP contribution in [0.1, 0.15) is 5.56 Å². The normalized spacial score (nSPS) is 23.8. The first kappa shape index (κ1) is 13.3. The number of aliphatic hydroxyl groups excluding tert-OH is 2. The molecule has 2 N–H and O–H groups in total. The number of rotatable bonds is 2. The molecule has 4 nitrogen and oxygen atoms in total. The van der Waals surface area contributed by atoms with E-state index in [0.29, 0.717) is 0 Å². The van der Waals surface area contributed by atoms with Gasteiger partial charge in [-0.25, -0.2) is 0 Å². The number of halogens is 1. The molecule has 1 aliphatic rings. The number of nitrogens with zero attached hydrogens (tertiary/aromatic N) is 1. The molecule has 1 amide bonds. The summed E-state index contributed by atoms with van der Waals surface area (Å²) in [7, 11) is 0. The third kappa shape index (κ3) is 3.19. The molecule has 0 saturated carbocycles. The maximum atomic E-state index is 11.8. The lowest BCUT2D eigenvalue weighted by molar-refractivity contribution is -0.125. The van der Waals surface area contributed by atoms with Gasteiger partial charge in [-0.2, -0.15) is 0 Å². The number of carbonyl (C=O) groups is 1. The van der Waals surface area contributed by atoms with Crippen molar-refractivity contribution in [3.63, 3.8) is 0 Å². The highest BCUT2D eigenvalue weighted by molar-refractivity contribution is 9.10. The Labute approximate surface area is 114 Å². The molecule has 1 aliphatic heterocycles. The molecule has 1 fully saturated rings. The third-order valence-electron chi connectivity index (χ3n) is 2.84. The van der Waals surface area contributed by atoms with Gasteiger partial charge >= 0.3 is 0 Å². The first-order chi connectivity index (χ1) is 8.56. The number of hydrogen-bond acceptors (Lipinski definition) is 3. The second kappa shape index (κ2) is 5.65. The average Bonchev–Trinajstić information content (AvgIpc) is 2.67. The van der Waals surface area contributed by atoms with E-state index in [1.807, 2.05) is 24.3 Å². The monoisotopic (exact) mass is 311 g/mol. The highest BCUT2D eigenvalue weighted by Crippen LogP contribution is 2.14. The summed E-state index contributed by atoms with van der Waals surface area (Å²) in [6, 6.07) is 7.59. The molecular formula is C13H14BrNO3. The van der Waals surface area contributed by atoms with Crippen molar-refractivity contribution in [1.82, 2.24) is 4.90 Å². The Morgan fingerprint density at radius 3 is 2.61 bits per heavy atom. The molecule has 1 aromatic carbocycles. The van der Waals surface area contributed by atoms with Crippen molar-refractivity contribution in [3.05, 3.63) is 40.4 Å². The van der Waals surface area contributed by atoms with Gasteiger partial charge < -0.3 is 15.1 Å². The molecular weight excluding hydrogens is 298 g/mol.